The largest absolute Gasteiger partial charge is 0.309 e. The van der Waals surface area contributed by atoms with Gasteiger partial charge in [-0.05, 0) is 36.5 Å². The number of thiophene rings is 1. The molecule has 0 aliphatic heterocycles. The predicted octanol–water partition coefficient (Wildman–Crippen LogP) is 4.30. The molecule has 1 saturated carbocycles. The highest BCUT2D eigenvalue weighted by Crippen LogP contribution is 2.29. The molecule has 0 saturated heterocycles. The van der Waals surface area contributed by atoms with Crippen LogP contribution in [-0.2, 0) is 6.54 Å². The summed E-state index contributed by atoms with van der Waals surface area (Å²) in [6.45, 7) is 3.35. The van der Waals surface area contributed by atoms with Gasteiger partial charge in [0.25, 0.3) is 0 Å². The first-order valence-corrected chi connectivity index (χ1v) is 7.50. The van der Waals surface area contributed by atoms with Gasteiger partial charge in [-0.1, -0.05) is 37.3 Å². The third kappa shape index (κ3) is 2.65. The number of nitrogens with one attached hydrogen (secondary N) is 1. The topological polar surface area (TPSA) is 12.0 Å². The van der Waals surface area contributed by atoms with Gasteiger partial charge in [0.2, 0.25) is 0 Å². The predicted molar refractivity (Wildman–Crippen MR) is 78.8 cm³/mol. The zero-order chi connectivity index (χ0) is 12.4. The van der Waals surface area contributed by atoms with Gasteiger partial charge >= 0.3 is 0 Å². The third-order valence-corrected chi connectivity index (χ3v) is 4.79. The molecule has 1 heterocycles. The smallest absolute Gasteiger partial charge is 0.0346 e. The van der Waals surface area contributed by atoms with E-state index in [0.717, 1.165) is 18.5 Å². The van der Waals surface area contributed by atoms with Crippen LogP contribution in [0.5, 0.6) is 0 Å². The Morgan fingerprint density at radius 3 is 2.61 bits per heavy atom. The summed E-state index contributed by atoms with van der Waals surface area (Å²) in [6.07, 6.45) is 2.69. The van der Waals surface area contributed by atoms with E-state index in [1.165, 1.54) is 28.2 Å². The van der Waals surface area contributed by atoms with Crippen molar-refractivity contribution in [3.05, 3.63) is 47.3 Å². The SMILES string of the molecule is CC1CC(NCc2ccc(-c3ccccc3)s2)C1. The molecule has 1 fully saturated rings. The summed E-state index contributed by atoms with van der Waals surface area (Å²) in [4.78, 5) is 2.81. The van der Waals surface area contributed by atoms with Crippen molar-refractivity contribution in [3.63, 3.8) is 0 Å². The second kappa shape index (κ2) is 5.25. The lowest BCUT2D eigenvalue weighted by Gasteiger charge is -2.33. The van der Waals surface area contributed by atoms with Crippen LogP contribution in [-0.4, -0.2) is 6.04 Å². The van der Waals surface area contributed by atoms with Crippen LogP contribution in [0.1, 0.15) is 24.6 Å². The minimum Gasteiger partial charge on any atom is -0.309 e. The fraction of sp³-hybridized carbons (Fsp3) is 0.375. The monoisotopic (exact) mass is 257 g/mol. The van der Waals surface area contributed by atoms with Gasteiger partial charge in [-0.15, -0.1) is 11.3 Å². The molecular weight excluding hydrogens is 238 g/mol. The van der Waals surface area contributed by atoms with E-state index in [1.807, 2.05) is 11.3 Å². The highest BCUT2D eigenvalue weighted by atomic mass is 32.1. The van der Waals surface area contributed by atoms with Crippen LogP contribution in [0, 0.1) is 5.92 Å². The summed E-state index contributed by atoms with van der Waals surface area (Å²) in [6, 6.07) is 15.9. The molecule has 2 heteroatoms. The van der Waals surface area contributed by atoms with Gasteiger partial charge in [-0.25, -0.2) is 0 Å². The van der Waals surface area contributed by atoms with Crippen molar-refractivity contribution >= 4 is 11.3 Å². The summed E-state index contributed by atoms with van der Waals surface area (Å²) in [5.74, 6) is 0.922. The highest BCUT2D eigenvalue weighted by Gasteiger charge is 2.24. The van der Waals surface area contributed by atoms with Gasteiger partial charge in [-0.2, -0.15) is 0 Å². The van der Waals surface area contributed by atoms with Crippen molar-refractivity contribution in [1.29, 1.82) is 0 Å². The first-order valence-electron chi connectivity index (χ1n) is 6.69. The molecule has 1 aromatic carbocycles. The fourth-order valence-electron chi connectivity index (χ4n) is 2.54. The quantitative estimate of drug-likeness (QED) is 0.861. The van der Waals surface area contributed by atoms with Crippen LogP contribution >= 0.6 is 11.3 Å². The van der Waals surface area contributed by atoms with Crippen LogP contribution in [0.25, 0.3) is 10.4 Å². The molecule has 94 valence electrons. The summed E-state index contributed by atoms with van der Waals surface area (Å²) >= 11 is 1.90. The Bertz CT molecular complexity index is 497. The van der Waals surface area contributed by atoms with Crippen LogP contribution in [0.3, 0.4) is 0 Å². The fourth-order valence-corrected chi connectivity index (χ4v) is 3.51. The van der Waals surface area contributed by atoms with E-state index in [1.54, 1.807) is 0 Å². The Morgan fingerprint density at radius 1 is 1.11 bits per heavy atom. The van der Waals surface area contributed by atoms with Gasteiger partial charge in [0, 0.05) is 22.3 Å². The van der Waals surface area contributed by atoms with E-state index in [9.17, 15) is 0 Å². The highest BCUT2D eigenvalue weighted by molar-refractivity contribution is 7.15. The lowest BCUT2D eigenvalue weighted by atomic mass is 9.82. The molecule has 0 bridgehead atoms. The Balaban J connectivity index is 1.60. The molecule has 2 aromatic rings. The van der Waals surface area contributed by atoms with Gasteiger partial charge in [0.15, 0.2) is 0 Å². The molecule has 0 unspecified atom stereocenters. The van der Waals surface area contributed by atoms with E-state index in [4.69, 9.17) is 0 Å². The molecule has 0 radical (unpaired) electrons. The zero-order valence-electron chi connectivity index (χ0n) is 10.7. The van der Waals surface area contributed by atoms with Gasteiger partial charge in [0.05, 0.1) is 0 Å². The van der Waals surface area contributed by atoms with Crippen molar-refractivity contribution in [2.45, 2.75) is 32.4 Å². The molecule has 18 heavy (non-hydrogen) atoms. The number of rotatable bonds is 4. The molecule has 1 nitrogen and oxygen atoms in total. The van der Waals surface area contributed by atoms with E-state index < -0.39 is 0 Å². The molecule has 1 aliphatic carbocycles. The maximum absolute atomic E-state index is 3.64. The Labute approximate surface area is 113 Å². The minimum absolute atomic E-state index is 0.752. The molecule has 1 N–H and O–H groups in total. The van der Waals surface area contributed by atoms with Crippen molar-refractivity contribution < 1.29 is 0 Å². The first-order chi connectivity index (χ1) is 8.81. The molecule has 1 aliphatic rings. The van der Waals surface area contributed by atoms with E-state index in [0.29, 0.717) is 0 Å². The summed E-state index contributed by atoms with van der Waals surface area (Å²) in [5, 5.41) is 3.64. The first kappa shape index (κ1) is 11.9. The molecule has 0 atom stereocenters. The number of hydrogen-bond donors (Lipinski definition) is 1. The molecule has 3 rings (SSSR count). The third-order valence-electron chi connectivity index (χ3n) is 3.66. The standard InChI is InChI=1S/C16H19NS/c1-12-9-14(10-12)17-11-15-7-8-16(18-15)13-5-3-2-4-6-13/h2-8,12,14,17H,9-11H2,1H3. The second-order valence-electron chi connectivity index (χ2n) is 5.29. The van der Waals surface area contributed by atoms with Gasteiger partial charge in [0.1, 0.15) is 0 Å². The summed E-state index contributed by atoms with van der Waals surface area (Å²) < 4.78 is 0. The molecule has 0 spiro atoms. The van der Waals surface area contributed by atoms with Crippen LogP contribution in [0.4, 0.5) is 0 Å². The summed E-state index contributed by atoms with van der Waals surface area (Å²) in [7, 11) is 0. The average molecular weight is 257 g/mol. The Kier molecular flexibility index (Phi) is 3.48. The van der Waals surface area contributed by atoms with Crippen LogP contribution in [0.2, 0.25) is 0 Å². The average Bonchev–Trinajstić information content (AvgIpc) is 2.83. The maximum atomic E-state index is 3.64. The van der Waals surface area contributed by atoms with Gasteiger partial charge in [-0.3, -0.25) is 0 Å². The number of hydrogen-bond acceptors (Lipinski definition) is 2. The van der Waals surface area contributed by atoms with E-state index in [2.05, 4.69) is 54.7 Å². The minimum atomic E-state index is 0.752. The second-order valence-corrected chi connectivity index (χ2v) is 6.45. The normalized spacial score (nSPS) is 22.7. The lowest BCUT2D eigenvalue weighted by molar-refractivity contribution is 0.241. The van der Waals surface area contributed by atoms with Crippen molar-refractivity contribution in [2.24, 2.45) is 5.92 Å². The molecule has 1 aromatic heterocycles. The summed E-state index contributed by atoms with van der Waals surface area (Å²) in [5.41, 5.74) is 1.33. The van der Waals surface area contributed by atoms with Crippen molar-refractivity contribution in [2.75, 3.05) is 0 Å². The number of benzene rings is 1. The Morgan fingerprint density at radius 2 is 1.89 bits per heavy atom. The molecular formula is C16H19NS. The lowest BCUT2D eigenvalue weighted by Crippen LogP contribution is -2.39. The van der Waals surface area contributed by atoms with E-state index in [-0.39, 0.29) is 0 Å². The zero-order valence-corrected chi connectivity index (χ0v) is 11.5. The van der Waals surface area contributed by atoms with Crippen molar-refractivity contribution in [1.82, 2.24) is 5.32 Å². The Hall–Kier alpha value is -1.12. The van der Waals surface area contributed by atoms with Crippen LogP contribution in [0.15, 0.2) is 42.5 Å². The van der Waals surface area contributed by atoms with Crippen molar-refractivity contribution in [3.8, 4) is 10.4 Å². The molecule has 0 amide bonds. The van der Waals surface area contributed by atoms with E-state index >= 15 is 0 Å². The maximum Gasteiger partial charge on any atom is 0.0346 e. The van der Waals surface area contributed by atoms with Gasteiger partial charge < -0.3 is 5.32 Å². The van der Waals surface area contributed by atoms with Crippen LogP contribution < -0.4 is 5.32 Å².